The van der Waals surface area contributed by atoms with Crippen molar-refractivity contribution in [3.8, 4) is 11.4 Å². The lowest BCUT2D eigenvalue weighted by Crippen LogP contribution is -2.08. The first-order valence-electron chi connectivity index (χ1n) is 6.19. The van der Waals surface area contributed by atoms with Crippen LogP contribution in [0.25, 0.3) is 11.4 Å². The molecule has 0 amide bonds. The molecule has 0 aliphatic carbocycles. The summed E-state index contributed by atoms with van der Waals surface area (Å²) in [4.78, 5) is 19.3. The van der Waals surface area contributed by atoms with E-state index in [0.29, 0.717) is 17.9 Å². The number of nitrogens with zero attached hydrogens (tertiary/aromatic N) is 6. The molecule has 0 spiro atoms. The number of imidazole rings is 1. The third-order valence-corrected chi connectivity index (χ3v) is 3.08. The summed E-state index contributed by atoms with van der Waals surface area (Å²) < 4.78 is 3.28. The van der Waals surface area contributed by atoms with Gasteiger partial charge in [0.1, 0.15) is 5.69 Å². The highest BCUT2D eigenvalue weighted by Crippen LogP contribution is 2.22. The van der Waals surface area contributed by atoms with E-state index in [1.807, 2.05) is 12.1 Å². The molecule has 0 fully saturated rings. The molecule has 0 saturated carbocycles. The maximum Gasteiger partial charge on any atom is 0.358 e. The molecular weight excluding hydrogens is 272 g/mol. The van der Waals surface area contributed by atoms with Crippen LogP contribution in [0.3, 0.4) is 0 Å². The molecule has 1 N–H and O–H groups in total. The Morgan fingerprint density at radius 1 is 1.29 bits per heavy atom. The van der Waals surface area contributed by atoms with E-state index in [9.17, 15) is 9.90 Å². The van der Waals surface area contributed by atoms with Gasteiger partial charge in [-0.25, -0.2) is 14.5 Å². The Labute approximate surface area is 119 Å². The van der Waals surface area contributed by atoms with Crippen molar-refractivity contribution in [1.29, 1.82) is 0 Å². The fraction of sp³-hybridized carbons (Fsp3) is 0.154. The van der Waals surface area contributed by atoms with Crippen molar-refractivity contribution in [2.75, 3.05) is 0 Å². The molecule has 0 aliphatic rings. The molecule has 0 aliphatic heterocycles. The molecule has 3 aromatic heterocycles. The Morgan fingerprint density at radius 2 is 2.05 bits per heavy atom. The van der Waals surface area contributed by atoms with Gasteiger partial charge < -0.3 is 9.67 Å². The lowest BCUT2D eigenvalue weighted by molar-refractivity contribution is 0.0691. The van der Waals surface area contributed by atoms with Crippen molar-refractivity contribution < 1.29 is 9.90 Å². The van der Waals surface area contributed by atoms with Gasteiger partial charge >= 0.3 is 5.97 Å². The second kappa shape index (κ2) is 5.16. The number of aromatic nitrogens is 6. The van der Waals surface area contributed by atoms with E-state index < -0.39 is 5.97 Å². The summed E-state index contributed by atoms with van der Waals surface area (Å²) in [5, 5.41) is 17.0. The van der Waals surface area contributed by atoms with Gasteiger partial charge in [-0.2, -0.15) is 0 Å². The predicted molar refractivity (Wildman–Crippen MR) is 72.5 cm³/mol. The highest BCUT2D eigenvalue weighted by atomic mass is 16.4. The molecule has 8 nitrogen and oxygen atoms in total. The number of carboxylic acid groups (broad SMARTS) is 1. The van der Waals surface area contributed by atoms with Crippen molar-refractivity contribution in [3.05, 3.63) is 48.3 Å². The standard InChI is InChI=1S/C13H12N6O2/c1-18-8-15-6-10(18)12-11(13(20)21)16-17-19(12)7-9-2-4-14-5-3-9/h2-6,8H,7H2,1H3,(H,20,21). The van der Waals surface area contributed by atoms with E-state index >= 15 is 0 Å². The normalized spacial score (nSPS) is 10.7. The van der Waals surface area contributed by atoms with Gasteiger partial charge in [0.15, 0.2) is 5.69 Å². The van der Waals surface area contributed by atoms with Gasteiger partial charge in [0.2, 0.25) is 0 Å². The zero-order valence-corrected chi connectivity index (χ0v) is 11.2. The molecule has 21 heavy (non-hydrogen) atoms. The fourth-order valence-electron chi connectivity index (χ4n) is 2.07. The van der Waals surface area contributed by atoms with E-state index in [2.05, 4.69) is 20.3 Å². The van der Waals surface area contributed by atoms with Gasteiger partial charge in [0.05, 0.1) is 24.8 Å². The Kier molecular flexibility index (Phi) is 3.19. The van der Waals surface area contributed by atoms with Crippen LogP contribution in [-0.4, -0.2) is 40.6 Å². The first-order valence-corrected chi connectivity index (χ1v) is 6.19. The minimum Gasteiger partial charge on any atom is -0.476 e. The van der Waals surface area contributed by atoms with Gasteiger partial charge in [0.25, 0.3) is 0 Å². The lowest BCUT2D eigenvalue weighted by Gasteiger charge is -2.07. The molecule has 0 saturated heterocycles. The molecule has 3 heterocycles. The molecule has 0 aromatic carbocycles. The highest BCUT2D eigenvalue weighted by Gasteiger charge is 2.22. The van der Waals surface area contributed by atoms with Gasteiger partial charge in [-0.3, -0.25) is 4.98 Å². The molecule has 3 rings (SSSR count). The molecule has 0 bridgehead atoms. The average molecular weight is 284 g/mol. The molecule has 3 aromatic rings. The van der Waals surface area contributed by atoms with Crippen LogP contribution in [0.1, 0.15) is 16.1 Å². The minimum absolute atomic E-state index is 0.0901. The van der Waals surface area contributed by atoms with E-state index in [-0.39, 0.29) is 5.69 Å². The van der Waals surface area contributed by atoms with Crippen molar-refractivity contribution in [2.24, 2.45) is 7.05 Å². The van der Waals surface area contributed by atoms with E-state index in [1.165, 1.54) is 0 Å². The zero-order valence-electron chi connectivity index (χ0n) is 11.2. The van der Waals surface area contributed by atoms with E-state index in [0.717, 1.165) is 5.56 Å². The third-order valence-electron chi connectivity index (χ3n) is 3.08. The monoisotopic (exact) mass is 284 g/mol. The Bertz CT molecular complexity index is 777. The number of hydrogen-bond donors (Lipinski definition) is 1. The summed E-state index contributed by atoms with van der Waals surface area (Å²) >= 11 is 0. The Balaban J connectivity index is 2.10. The van der Waals surface area contributed by atoms with Gasteiger partial charge in [0, 0.05) is 19.4 Å². The summed E-state index contributed by atoms with van der Waals surface area (Å²) in [7, 11) is 1.79. The van der Waals surface area contributed by atoms with Crippen LogP contribution in [0.2, 0.25) is 0 Å². The smallest absolute Gasteiger partial charge is 0.358 e. The maximum absolute atomic E-state index is 11.3. The van der Waals surface area contributed by atoms with Crippen LogP contribution < -0.4 is 0 Å². The number of aryl methyl sites for hydroxylation is 1. The summed E-state index contributed by atoms with van der Waals surface area (Å²) in [6.45, 7) is 0.406. The zero-order chi connectivity index (χ0) is 14.8. The Hall–Kier alpha value is -3.03. The summed E-state index contributed by atoms with van der Waals surface area (Å²) in [5.74, 6) is -1.12. The van der Waals surface area contributed by atoms with Gasteiger partial charge in [-0.1, -0.05) is 5.21 Å². The van der Waals surface area contributed by atoms with Crippen LogP contribution in [0.15, 0.2) is 37.1 Å². The average Bonchev–Trinajstić information content (AvgIpc) is 3.06. The van der Waals surface area contributed by atoms with Crippen LogP contribution in [-0.2, 0) is 13.6 Å². The second-order valence-corrected chi connectivity index (χ2v) is 4.49. The first-order chi connectivity index (χ1) is 10.2. The molecule has 0 atom stereocenters. The first kappa shape index (κ1) is 13.0. The van der Waals surface area contributed by atoms with Crippen LogP contribution in [0.4, 0.5) is 0 Å². The van der Waals surface area contributed by atoms with Gasteiger partial charge in [-0.05, 0) is 17.7 Å². The largest absolute Gasteiger partial charge is 0.476 e. The maximum atomic E-state index is 11.3. The highest BCUT2D eigenvalue weighted by molar-refractivity contribution is 5.92. The minimum atomic E-state index is -1.12. The molecule has 0 unspecified atom stereocenters. The number of carbonyl (C=O) groups is 1. The lowest BCUT2D eigenvalue weighted by atomic mass is 10.2. The van der Waals surface area contributed by atoms with Crippen molar-refractivity contribution >= 4 is 5.97 Å². The second-order valence-electron chi connectivity index (χ2n) is 4.49. The molecule has 0 radical (unpaired) electrons. The molecular formula is C13H12N6O2. The summed E-state index contributed by atoms with van der Waals surface area (Å²) in [6, 6.07) is 3.68. The van der Waals surface area contributed by atoms with Gasteiger partial charge in [-0.15, -0.1) is 5.10 Å². The van der Waals surface area contributed by atoms with Crippen molar-refractivity contribution in [2.45, 2.75) is 6.54 Å². The van der Waals surface area contributed by atoms with Crippen molar-refractivity contribution in [1.82, 2.24) is 29.5 Å². The van der Waals surface area contributed by atoms with Crippen LogP contribution >= 0.6 is 0 Å². The molecule has 106 valence electrons. The number of rotatable bonds is 4. The quantitative estimate of drug-likeness (QED) is 0.761. The summed E-state index contributed by atoms with van der Waals surface area (Å²) in [6.07, 6.45) is 6.54. The SMILES string of the molecule is Cn1cncc1-c1c(C(=O)O)nnn1Cc1ccncc1. The number of carboxylic acids is 1. The van der Waals surface area contributed by atoms with Crippen molar-refractivity contribution in [3.63, 3.8) is 0 Å². The summed E-state index contributed by atoms with van der Waals surface area (Å²) in [5.41, 5.74) is 1.94. The number of aromatic carboxylic acids is 1. The van der Waals surface area contributed by atoms with Crippen LogP contribution in [0, 0.1) is 0 Å². The number of pyridine rings is 1. The van der Waals surface area contributed by atoms with E-state index in [4.69, 9.17) is 0 Å². The Morgan fingerprint density at radius 3 is 2.67 bits per heavy atom. The number of hydrogen-bond acceptors (Lipinski definition) is 5. The van der Waals surface area contributed by atoms with E-state index in [1.54, 1.807) is 41.2 Å². The third kappa shape index (κ3) is 2.38. The molecule has 8 heteroatoms. The topological polar surface area (TPSA) is 98.7 Å². The van der Waals surface area contributed by atoms with Crippen LogP contribution in [0.5, 0.6) is 0 Å². The fourth-order valence-corrected chi connectivity index (χ4v) is 2.07. The predicted octanol–water partition coefficient (Wildman–Crippen LogP) is 0.820.